The van der Waals surface area contributed by atoms with E-state index in [1.165, 1.54) is 6.08 Å². The van der Waals surface area contributed by atoms with Crippen molar-refractivity contribution in [1.29, 1.82) is 0 Å². The minimum atomic E-state index is -2.07. The molecule has 0 unspecified atom stereocenters. The topological polar surface area (TPSA) is 126 Å². The number of rotatable bonds is 10. The number of carbonyl (C=O) groups is 4. The zero-order valence-electron chi connectivity index (χ0n) is 28.4. The van der Waals surface area contributed by atoms with Crippen molar-refractivity contribution in [3.63, 3.8) is 0 Å². The van der Waals surface area contributed by atoms with Crippen LogP contribution in [-0.4, -0.2) is 58.6 Å². The molecule has 1 fully saturated rings. The largest absolute Gasteiger partial charge is 0.488 e. The van der Waals surface area contributed by atoms with Gasteiger partial charge in [-0.1, -0.05) is 39.0 Å². The van der Waals surface area contributed by atoms with E-state index in [9.17, 15) is 19.2 Å². The lowest BCUT2D eigenvalue weighted by molar-refractivity contribution is -0.178. The molecule has 0 bridgehead atoms. The molecule has 0 aromatic heterocycles. The van der Waals surface area contributed by atoms with Gasteiger partial charge in [0.05, 0.1) is 12.3 Å². The van der Waals surface area contributed by atoms with Gasteiger partial charge >= 0.3 is 17.9 Å². The Labute approximate surface area is 262 Å². The molecule has 0 aliphatic carbocycles. The summed E-state index contributed by atoms with van der Waals surface area (Å²) in [5.41, 5.74) is -4.10. The Morgan fingerprint density at radius 1 is 0.909 bits per heavy atom. The van der Waals surface area contributed by atoms with Crippen molar-refractivity contribution < 1.29 is 42.9 Å². The molecule has 44 heavy (non-hydrogen) atoms. The molecule has 1 heterocycles. The van der Waals surface area contributed by atoms with Gasteiger partial charge in [-0.25, -0.2) is 9.59 Å². The van der Waals surface area contributed by atoms with Gasteiger partial charge in [-0.05, 0) is 80.0 Å². The van der Waals surface area contributed by atoms with Crippen LogP contribution in [0.25, 0.3) is 0 Å². The van der Waals surface area contributed by atoms with Gasteiger partial charge in [0.1, 0.15) is 28.6 Å². The number of ether oxygens (including phenoxy) is 5. The number of hydrogen-bond acceptors (Lipinski definition) is 9. The summed E-state index contributed by atoms with van der Waals surface area (Å²) >= 11 is 0. The fourth-order valence-corrected chi connectivity index (χ4v) is 4.45. The minimum absolute atomic E-state index is 0.0787. The van der Waals surface area contributed by atoms with E-state index in [4.69, 9.17) is 23.7 Å². The Morgan fingerprint density at radius 2 is 1.45 bits per heavy atom. The van der Waals surface area contributed by atoms with E-state index < -0.39 is 70.7 Å². The lowest BCUT2D eigenvalue weighted by Gasteiger charge is -2.33. The predicted molar refractivity (Wildman–Crippen MR) is 166 cm³/mol. The van der Waals surface area contributed by atoms with Crippen LogP contribution in [0.5, 0.6) is 5.75 Å². The number of hydrogen-bond donors (Lipinski definition) is 1. The van der Waals surface area contributed by atoms with Crippen LogP contribution < -0.4 is 10.1 Å². The van der Waals surface area contributed by atoms with Crippen molar-refractivity contribution in [3.05, 3.63) is 42.5 Å². The summed E-state index contributed by atoms with van der Waals surface area (Å²) in [5, 5.41) is 2.73. The van der Waals surface area contributed by atoms with Gasteiger partial charge < -0.3 is 29.0 Å². The molecule has 1 aliphatic heterocycles. The number of cyclic esters (lactones) is 1. The van der Waals surface area contributed by atoms with Gasteiger partial charge in [-0.15, -0.1) is 6.58 Å². The molecule has 4 atom stereocenters. The van der Waals surface area contributed by atoms with Crippen LogP contribution in [0.15, 0.2) is 36.9 Å². The van der Waals surface area contributed by atoms with Crippen LogP contribution in [0.4, 0.5) is 0 Å². The summed E-state index contributed by atoms with van der Waals surface area (Å²) in [6, 6.07) is 6.02. The molecule has 1 amide bonds. The predicted octanol–water partition coefficient (Wildman–Crippen LogP) is 5.45. The third-order valence-electron chi connectivity index (χ3n) is 6.23. The monoisotopic (exact) mass is 617 g/mol. The number of esters is 3. The van der Waals surface area contributed by atoms with E-state index in [0.29, 0.717) is 5.75 Å². The normalized spacial score (nSPS) is 20.6. The molecule has 1 aliphatic rings. The molecule has 10 nitrogen and oxygen atoms in total. The Hall–Kier alpha value is -3.40. The second-order valence-electron chi connectivity index (χ2n) is 15.2. The average molecular weight is 618 g/mol. The van der Waals surface area contributed by atoms with Crippen LogP contribution in [0.1, 0.15) is 95.1 Å². The summed E-state index contributed by atoms with van der Waals surface area (Å²) in [6.45, 7) is 25.2. The summed E-state index contributed by atoms with van der Waals surface area (Å²) in [6.07, 6.45) is -0.360. The highest BCUT2D eigenvalue weighted by molar-refractivity contribution is 5.96. The molecule has 0 radical (unpaired) electrons. The van der Waals surface area contributed by atoms with E-state index in [2.05, 4.69) is 11.9 Å². The zero-order valence-corrected chi connectivity index (χ0v) is 28.4. The fourth-order valence-electron chi connectivity index (χ4n) is 4.45. The highest BCUT2D eigenvalue weighted by Crippen LogP contribution is 2.42. The Balaban J connectivity index is 2.46. The molecular weight excluding hydrogens is 566 g/mol. The second-order valence-corrected chi connectivity index (χ2v) is 15.2. The van der Waals surface area contributed by atoms with Crippen molar-refractivity contribution in [2.24, 2.45) is 11.3 Å². The van der Waals surface area contributed by atoms with Gasteiger partial charge in [0.25, 0.3) is 0 Å². The van der Waals surface area contributed by atoms with Gasteiger partial charge in [-0.3, -0.25) is 9.59 Å². The highest BCUT2D eigenvalue weighted by atomic mass is 16.8. The molecule has 10 heteroatoms. The summed E-state index contributed by atoms with van der Waals surface area (Å²) in [7, 11) is 0. The maximum absolute atomic E-state index is 14.0. The molecule has 2 rings (SSSR count). The number of amides is 1. The van der Waals surface area contributed by atoms with Crippen LogP contribution in [-0.2, 0) is 44.5 Å². The standard InChI is InChI=1S/C34H51NO9/c1-14-23(34(20-25(36)42-32(8,9)10)28(39)40-29(44-34)30(2,3)4)26(37)35-24(27(38)43-33(11,12)13)19-21-15-17-22(18-16-21)41-31(5,6)7/h14-18,23-24,29H,1,19-20H2,2-13H3,(H,35,37)/t23-,24+,29-,34+/m1/s1. The van der Waals surface area contributed by atoms with Crippen LogP contribution in [0.3, 0.4) is 0 Å². The maximum atomic E-state index is 14.0. The maximum Gasteiger partial charge on any atom is 0.342 e. The van der Waals surface area contributed by atoms with Crippen LogP contribution in [0.2, 0.25) is 0 Å². The third-order valence-corrected chi connectivity index (χ3v) is 6.23. The van der Waals surface area contributed by atoms with Gasteiger partial charge in [0.15, 0.2) is 5.60 Å². The molecule has 0 saturated carbocycles. The third kappa shape index (κ3) is 10.6. The highest BCUT2D eigenvalue weighted by Gasteiger charge is 2.61. The molecule has 246 valence electrons. The molecular formula is C34H51NO9. The van der Waals surface area contributed by atoms with E-state index in [0.717, 1.165) is 5.56 Å². The van der Waals surface area contributed by atoms with Crippen molar-refractivity contribution in [1.82, 2.24) is 5.32 Å². The number of benzene rings is 1. The van der Waals surface area contributed by atoms with E-state index in [1.54, 1.807) is 86.6 Å². The lowest BCUT2D eigenvalue weighted by Crippen LogP contribution is -2.55. The van der Waals surface area contributed by atoms with Crippen molar-refractivity contribution in [2.75, 3.05) is 0 Å². The molecule has 1 aromatic carbocycles. The van der Waals surface area contributed by atoms with Crippen molar-refractivity contribution in [2.45, 2.75) is 131 Å². The molecule has 1 aromatic rings. The first kappa shape index (κ1) is 36.8. The van der Waals surface area contributed by atoms with Gasteiger partial charge in [0, 0.05) is 11.8 Å². The number of nitrogens with one attached hydrogen (secondary N) is 1. The van der Waals surface area contributed by atoms with Gasteiger partial charge in [0.2, 0.25) is 12.2 Å². The van der Waals surface area contributed by atoms with Crippen LogP contribution in [0, 0.1) is 11.3 Å². The van der Waals surface area contributed by atoms with E-state index in [-0.39, 0.29) is 12.0 Å². The minimum Gasteiger partial charge on any atom is -0.488 e. The molecule has 1 saturated heterocycles. The number of carbonyl (C=O) groups excluding carboxylic acids is 4. The SMILES string of the molecule is C=C[C@H](C(=O)N[C@@H](Cc1ccc(OC(C)(C)C)cc1)C(=O)OC(C)(C)C)[C@]1(CC(=O)OC(C)(C)C)O[C@H](C(C)(C)C)OC1=O. The van der Waals surface area contributed by atoms with Crippen LogP contribution >= 0.6 is 0 Å². The van der Waals surface area contributed by atoms with E-state index in [1.807, 2.05) is 20.8 Å². The first-order valence-corrected chi connectivity index (χ1v) is 14.9. The molecule has 1 N–H and O–H groups in total. The first-order valence-electron chi connectivity index (χ1n) is 14.9. The average Bonchev–Trinajstić information content (AvgIpc) is 3.13. The molecule has 0 spiro atoms. The Morgan fingerprint density at radius 3 is 1.89 bits per heavy atom. The van der Waals surface area contributed by atoms with E-state index >= 15 is 0 Å². The lowest BCUT2D eigenvalue weighted by atomic mass is 9.83. The summed E-state index contributed by atoms with van der Waals surface area (Å²) < 4.78 is 28.7. The summed E-state index contributed by atoms with van der Waals surface area (Å²) in [4.78, 5) is 53.9. The van der Waals surface area contributed by atoms with Crippen molar-refractivity contribution in [3.8, 4) is 5.75 Å². The Kier molecular flexibility index (Phi) is 11.1. The fraction of sp³-hybridized carbons (Fsp3) is 0.647. The van der Waals surface area contributed by atoms with Crippen molar-refractivity contribution >= 4 is 23.8 Å². The van der Waals surface area contributed by atoms with Gasteiger partial charge in [-0.2, -0.15) is 0 Å². The summed E-state index contributed by atoms with van der Waals surface area (Å²) in [5.74, 6) is -3.86. The Bertz CT molecular complexity index is 1210. The zero-order chi connectivity index (χ0) is 33.9. The quantitative estimate of drug-likeness (QED) is 0.207. The smallest absolute Gasteiger partial charge is 0.342 e. The second kappa shape index (κ2) is 13.3. The first-order chi connectivity index (χ1) is 19.8.